The zero-order chi connectivity index (χ0) is 24.3. The minimum atomic E-state index is -1.62. The Morgan fingerprint density at radius 2 is 1.10 bits per heavy atom. The molecule has 0 N–H and O–H groups in total. The van der Waals surface area contributed by atoms with Gasteiger partial charge in [0.1, 0.15) is 6.61 Å². The molecule has 4 atom stereocenters. The lowest BCUT2D eigenvalue weighted by molar-refractivity contribution is -0.217. The third-order valence-corrected chi connectivity index (χ3v) is 3.68. The highest BCUT2D eigenvalue weighted by atomic mass is 16.6. The monoisotopic (exact) mass is 447 g/mol. The Labute approximate surface area is 180 Å². The van der Waals surface area contributed by atoms with Crippen molar-refractivity contribution in [1.82, 2.24) is 4.90 Å². The van der Waals surface area contributed by atoms with Gasteiger partial charge < -0.3 is 28.6 Å². The second-order valence-corrected chi connectivity index (χ2v) is 6.40. The van der Waals surface area contributed by atoms with Crippen LogP contribution in [0.4, 0.5) is 0 Å². The number of carbonyl (C=O) groups excluding carboxylic acids is 6. The molecule has 0 aromatic carbocycles. The van der Waals surface area contributed by atoms with E-state index in [4.69, 9.17) is 23.7 Å². The predicted octanol–water partition coefficient (Wildman–Crippen LogP) is 0.102. The van der Waals surface area contributed by atoms with Crippen LogP contribution in [-0.2, 0) is 52.5 Å². The number of hydrogen-bond donors (Lipinski definition) is 0. The molecular formula is C19H29NO11. The van der Waals surface area contributed by atoms with Gasteiger partial charge in [0.05, 0.1) is 0 Å². The van der Waals surface area contributed by atoms with Crippen molar-refractivity contribution < 1.29 is 52.5 Å². The number of carbonyl (C=O) groups is 6. The minimum absolute atomic E-state index is 0.0278. The number of nitrogens with zero attached hydrogens (tertiary/aromatic N) is 1. The van der Waals surface area contributed by atoms with Crippen molar-refractivity contribution >= 4 is 35.8 Å². The molecule has 0 aromatic heterocycles. The first kappa shape index (κ1) is 27.8. The first-order valence-electron chi connectivity index (χ1n) is 9.39. The van der Waals surface area contributed by atoms with Crippen molar-refractivity contribution in [3.05, 3.63) is 0 Å². The van der Waals surface area contributed by atoms with Gasteiger partial charge in [-0.1, -0.05) is 0 Å². The molecule has 0 bridgehead atoms. The average Bonchev–Trinajstić information content (AvgIpc) is 2.60. The first-order chi connectivity index (χ1) is 14.3. The van der Waals surface area contributed by atoms with Crippen LogP contribution in [0.25, 0.3) is 0 Å². The van der Waals surface area contributed by atoms with Gasteiger partial charge in [-0.3, -0.25) is 28.8 Å². The number of rotatable bonds is 11. The van der Waals surface area contributed by atoms with E-state index >= 15 is 0 Å². The summed E-state index contributed by atoms with van der Waals surface area (Å²) in [6.45, 7) is 7.53. The van der Waals surface area contributed by atoms with E-state index in [1.165, 1.54) is 6.92 Å². The third-order valence-electron chi connectivity index (χ3n) is 3.68. The molecule has 0 heterocycles. The fourth-order valence-corrected chi connectivity index (χ4v) is 2.69. The van der Waals surface area contributed by atoms with Gasteiger partial charge >= 0.3 is 29.8 Å². The van der Waals surface area contributed by atoms with Crippen LogP contribution in [0, 0.1) is 0 Å². The summed E-state index contributed by atoms with van der Waals surface area (Å²) in [5.74, 6) is -4.65. The molecule has 176 valence electrons. The maximum atomic E-state index is 12.1. The Morgan fingerprint density at radius 1 is 0.645 bits per heavy atom. The maximum absolute atomic E-state index is 12.1. The summed E-state index contributed by atoms with van der Waals surface area (Å²) in [7, 11) is 0. The molecule has 0 aromatic rings. The zero-order valence-electron chi connectivity index (χ0n) is 18.7. The number of esters is 5. The van der Waals surface area contributed by atoms with Gasteiger partial charge in [0.15, 0.2) is 18.3 Å². The Hall–Kier alpha value is -3.18. The molecule has 0 radical (unpaired) electrons. The molecule has 0 aliphatic rings. The molecule has 0 fully saturated rings. The highest BCUT2D eigenvalue weighted by molar-refractivity contribution is 5.74. The predicted molar refractivity (Wildman–Crippen MR) is 102 cm³/mol. The minimum Gasteiger partial charge on any atom is -0.462 e. The van der Waals surface area contributed by atoms with E-state index in [0.29, 0.717) is 0 Å². The van der Waals surface area contributed by atoms with Crippen molar-refractivity contribution in [2.24, 2.45) is 0 Å². The molecule has 0 aliphatic carbocycles. The third kappa shape index (κ3) is 10.4. The van der Waals surface area contributed by atoms with Gasteiger partial charge in [0, 0.05) is 48.1 Å². The van der Waals surface area contributed by atoms with Gasteiger partial charge in [-0.15, -0.1) is 0 Å². The molecule has 31 heavy (non-hydrogen) atoms. The molecule has 0 rings (SSSR count). The molecule has 0 saturated carbocycles. The number of hydrogen-bond acceptors (Lipinski definition) is 11. The Bertz CT molecular complexity index is 690. The van der Waals surface area contributed by atoms with E-state index in [-0.39, 0.29) is 6.54 Å². The molecule has 0 saturated heterocycles. The largest absolute Gasteiger partial charge is 0.462 e. The SMILES string of the molecule is CCN(C(C)=O)C(OC(C)=O)C(OC(C)=O)C(OC(C)=O)C(COC(C)=O)OC(C)=O. The number of amides is 1. The van der Waals surface area contributed by atoms with Gasteiger partial charge in [0.25, 0.3) is 0 Å². The Morgan fingerprint density at radius 3 is 1.45 bits per heavy atom. The van der Waals surface area contributed by atoms with Crippen molar-refractivity contribution in [3.63, 3.8) is 0 Å². The van der Waals surface area contributed by atoms with Crippen LogP contribution in [0.3, 0.4) is 0 Å². The second kappa shape index (κ2) is 13.2. The first-order valence-corrected chi connectivity index (χ1v) is 9.39. The van der Waals surface area contributed by atoms with E-state index in [2.05, 4.69) is 0 Å². The topological polar surface area (TPSA) is 152 Å². The molecule has 0 aliphatic heterocycles. The summed E-state index contributed by atoms with van der Waals surface area (Å²) >= 11 is 0. The summed E-state index contributed by atoms with van der Waals surface area (Å²) in [4.78, 5) is 71.4. The summed E-state index contributed by atoms with van der Waals surface area (Å²) in [5.41, 5.74) is 0. The maximum Gasteiger partial charge on any atom is 0.304 e. The normalized spacial score (nSPS) is 14.2. The van der Waals surface area contributed by atoms with Crippen LogP contribution in [0.1, 0.15) is 48.5 Å². The van der Waals surface area contributed by atoms with Crippen LogP contribution in [0.5, 0.6) is 0 Å². The Kier molecular flexibility index (Phi) is 11.8. The fraction of sp³-hybridized carbons (Fsp3) is 0.684. The lowest BCUT2D eigenvalue weighted by atomic mass is 10.0. The molecule has 12 nitrogen and oxygen atoms in total. The molecule has 0 spiro atoms. The summed E-state index contributed by atoms with van der Waals surface area (Å²) < 4.78 is 25.7. The number of ether oxygens (including phenoxy) is 5. The molecular weight excluding hydrogens is 418 g/mol. The molecule has 4 unspecified atom stereocenters. The highest BCUT2D eigenvalue weighted by Crippen LogP contribution is 2.22. The standard InChI is InChI=1S/C19H29NO11/c1-8-20(10(2)21)19(31-15(7)26)18(30-14(6)25)17(29-13(5)24)16(28-12(4)23)9-27-11(3)22/h16-19H,8-9H2,1-7H3. The van der Waals surface area contributed by atoms with Crippen LogP contribution in [-0.4, -0.2) is 78.3 Å². The zero-order valence-corrected chi connectivity index (χ0v) is 18.7. The number of likely N-dealkylation sites (N-methyl/N-ethyl adjacent to an activating group) is 1. The van der Waals surface area contributed by atoms with E-state index in [0.717, 1.165) is 39.5 Å². The van der Waals surface area contributed by atoms with Crippen LogP contribution in [0.2, 0.25) is 0 Å². The van der Waals surface area contributed by atoms with Crippen LogP contribution >= 0.6 is 0 Å². The van der Waals surface area contributed by atoms with E-state index < -0.39 is 66.9 Å². The summed E-state index contributed by atoms with van der Waals surface area (Å²) in [5, 5.41) is 0. The quantitative estimate of drug-likeness (QED) is 0.241. The molecule has 1 amide bonds. The van der Waals surface area contributed by atoms with Crippen molar-refractivity contribution in [2.75, 3.05) is 13.2 Å². The molecule has 12 heteroatoms. The van der Waals surface area contributed by atoms with Crippen LogP contribution < -0.4 is 0 Å². The summed E-state index contributed by atoms with van der Waals surface area (Å²) in [6.07, 6.45) is -6.20. The van der Waals surface area contributed by atoms with Gasteiger partial charge in [-0.25, -0.2) is 0 Å². The Balaban J connectivity index is 6.54. The van der Waals surface area contributed by atoms with E-state index in [9.17, 15) is 28.8 Å². The van der Waals surface area contributed by atoms with Crippen molar-refractivity contribution in [1.29, 1.82) is 0 Å². The van der Waals surface area contributed by atoms with Crippen molar-refractivity contribution in [2.45, 2.75) is 73.0 Å². The van der Waals surface area contributed by atoms with Gasteiger partial charge in [-0.2, -0.15) is 0 Å². The summed E-state index contributed by atoms with van der Waals surface area (Å²) in [6, 6.07) is 0. The van der Waals surface area contributed by atoms with Crippen LogP contribution in [0.15, 0.2) is 0 Å². The van der Waals surface area contributed by atoms with E-state index in [1.54, 1.807) is 6.92 Å². The highest BCUT2D eigenvalue weighted by Gasteiger charge is 2.46. The average molecular weight is 447 g/mol. The smallest absolute Gasteiger partial charge is 0.304 e. The lowest BCUT2D eigenvalue weighted by Crippen LogP contribution is -2.59. The second-order valence-electron chi connectivity index (χ2n) is 6.40. The van der Waals surface area contributed by atoms with Gasteiger partial charge in [-0.05, 0) is 6.92 Å². The van der Waals surface area contributed by atoms with Gasteiger partial charge in [0.2, 0.25) is 12.1 Å². The van der Waals surface area contributed by atoms with Crippen molar-refractivity contribution in [3.8, 4) is 0 Å². The fourth-order valence-electron chi connectivity index (χ4n) is 2.69. The van der Waals surface area contributed by atoms with E-state index in [1.807, 2.05) is 0 Å². The lowest BCUT2D eigenvalue weighted by Gasteiger charge is -2.39.